The maximum atomic E-state index is 3.79. The van der Waals surface area contributed by atoms with Gasteiger partial charge in [0.1, 0.15) is 0 Å². The minimum Gasteiger partial charge on any atom is -0.320 e. The summed E-state index contributed by atoms with van der Waals surface area (Å²) in [6.07, 6.45) is 6.66. The smallest absolute Gasteiger partial charge is 0.0405 e. The van der Waals surface area contributed by atoms with Crippen molar-refractivity contribution in [2.75, 3.05) is 13.6 Å². The summed E-state index contributed by atoms with van der Waals surface area (Å²) in [7, 11) is 1.69. The van der Waals surface area contributed by atoms with Crippen LogP contribution in [0.15, 0.2) is 12.7 Å². The van der Waals surface area contributed by atoms with Crippen molar-refractivity contribution in [2.24, 2.45) is 0 Å². The number of hydrogen-bond acceptors (Lipinski definition) is 1. The Bertz CT molecular complexity index is 107. The Labute approximate surface area is 85.2 Å². The zero-order valence-electron chi connectivity index (χ0n) is 9.31. The van der Waals surface area contributed by atoms with Crippen molar-refractivity contribution in [1.29, 1.82) is 0 Å². The highest BCUT2D eigenvalue weighted by Crippen LogP contribution is 2.21. The van der Waals surface area contributed by atoms with Gasteiger partial charge < -0.3 is 5.32 Å². The summed E-state index contributed by atoms with van der Waals surface area (Å²) in [5.41, 5.74) is 0. The second-order valence-corrected chi connectivity index (χ2v) is 7.09. The van der Waals surface area contributed by atoms with Crippen LogP contribution in [0.4, 0.5) is 0 Å². The van der Waals surface area contributed by atoms with Crippen molar-refractivity contribution in [3.63, 3.8) is 0 Å². The van der Waals surface area contributed by atoms with Gasteiger partial charge in [0.05, 0.1) is 0 Å². The third-order valence-corrected chi connectivity index (χ3v) is 6.03. The number of nitrogens with one attached hydrogen (secondary N) is 1. The van der Waals surface area contributed by atoms with Gasteiger partial charge in [0.2, 0.25) is 0 Å². The van der Waals surface area contributed by atoms with Crippen LogP contribution in [-0.4, -0.2) is 22.4 Å². The van der Waals surface area contributed by atoms with E-state index in [1.165, 1.54) is 25.3 Å². The fraction of sp³-hybridized carbons (Fsp3) is 0.818. The SMILES string of the molecule is C=CC[SiH]1CCCCC1.CCNC. The molecule has 1 aliphatic heterocycles. The molecule has 1 saturated heterocycles. The number of hydrogen-bond donors (Lipinski definition) is 1. The molecule has 1 N–H and O–H groups in total. The van der Waals surface area contributed by atoms with Crippen LogP contribution < -0.4 is 5.32 Å². The molecule has 1 fully saturated rings. The molecule has 0 radical (unpaired) electrons. The van der Waals surface area contributed by atoms with E-state index < -0.39 is 0 Å². The van der Waals surface area contributed by atoms with E-state index in [4.69, 9.17) is 0 Å². The van der Waals surface area contributed by atoms with E-state index in [1.807, 2.05) is 7.05 Å². The zero-order valence-corrected chi connectivity index (χ0v) is 10.5. The van der Waals surface area contributed by atoms with Crippen molar-refractivity contribution in [3.8, 4) is 0 Å². The molecule has 0 spiro atoms. The van der Waals surface area contributed by atoms with Gasteiger partial charge >= 0.3 is 0 Å². The average Bonchev–Trinajstić information content (AvgIpc) is 2.20. The van der Waals surface area contributed by atoms with Crippen molar-refractivity contribution >= 4 is 8.80 Å². The van der Waals surface area contributed by atoms with E-state index in [1.54, 1.807) is 12.1 Å². The van der Waals surface area contributed by atoms with E-state index >= 15 is 0 Å². The molecule has 0 aromatic carbocycles. The fourth-order valence-corrected chi connectivity index (χ4v) is 4.62. The predicted octanol–water partition coefficient (Wildman–Crippen LogP) is 2.81. The molecule has 0 aromatic rings. The second kappa shape index (κ2) is 10.0. The van der Waals surface area contributed by atoms with Gasteiger partial charge in [0.15, 0.2) is 0 Å². The van der Waals surface area contributed by atoms with Crippen LogP contribution in [0.3, 0.4) is 0 Å². The van der Waals surface area contributed by atoms with Gasteiger partial charge in [0, 0.05) is 8.80 Å². The predicted molar refractivity (Wildman–Crippen MR) is 65.2 cm³/mol. The normalized spacial score (nSPS) is 17.4. The van der Waals surface area contributed by atoms with Crippen LogP contribution in [0.25, 0.3) is 0 Å². The lowest BCUT2D eigenvalue weighted by molar-refractivity contribution is 0.722. The van der Waals surface area contributed by atoms with E-state index in [0.29, 0.717) is 0 Å². The molecular formula is C11H25NSi. The summed E-state index contributed by atoms with van der Waals surface area (Å²) in [5, 5.41) is 2.93. The van der Waals surface area contributed by atoms with Crippen LogP contribution in [0.1, 0.15) is 26.2 Å². The Morgan fingerprint density at radius 1 is 1.31 bits per heavy atom. The lowest BCUT2D eigenvalue weighted by Gasteiger charge is -2.17. The molecule has 1 nitrogen and oxygen atoms in total. The van der Waals surface area contributed by atoms with Crippen LogP contribution >= 0.6 is 0 Å². The Morgan fingerprint density at radius 2 is 1.85 bits per heavy atom. The minimum atomic E-state index is -0.244. The standard InChI is InChI=1S/C8H16Si.C3H9N/c1-2-6-9-7-4-3-5-8-9;1-3-4-2/h2,9H,1,3-8H2;4H,3H2,1-2H3. The van der Waals surface area contributed by atoms with E-state index in [2.05, 4.69) is 24.9 Å². The van der Waals surface area contributed by atoms with Crippen LogP contribution in [0.5, 0.6) is 0 Å². The van der Waals surface area contributed by atoms with Gasteiger partial charge in [-0.3, -0.25) is 0 Å². The maximum Gasteiger partial charge on any atom is 0.0405 e. The first-order valence-electron chi connectivity index (χ1n) is 5.60. The minimum absolute atomic E-state index is 0.244. The summed E-state index contributed by atoms with van der Waals surface area (Å²) in [5.74, 6) is 0. The molecule has 1 rings (SSSR count). The van der Waals surface area contributed by atoms with E-state index in [0.717, 1.165) is 6.54 Å². The van der Waals surface area contributed by atoms with Crippen LogP contribution in [0.2, 0.25) is 18.1 Å². The Hall–Kier alpha value is -0.0831. The molecule has 0 unspecified atom stereocenters. The Kier molecular flexibility index (Phi) is 9.94. The highest BCUT2D eigenvalue weighted by Gasteiger charge is 2.12. The first-order chi connectivity index (χ1) is 6.35. The Balaban J connectivity index is 0.000000310. The lowest BCUT2D eigenvalue weighted by atomic mass is 10.3. The largest absolute Gasteiger partial charge is 0.320 e. The summed E-state index contributed by atoms with van der Waals surface area (Å²) >= 11 is 0. The fourth-order valence-electron chi connectivity index (χ4n) is 1.66. The topological polar surface area (TPSA) is 12.0 Å². The van der Waals surface area contributed by atoms with Crippen LogP contribution in [-0.2, 0) is 0 Å². The molecule has 13 heavy (non-hydrogen) atoms. The molecule has 0 atom stereocenters. The molecule has 0 saturated carbocycles. The van der Waals surface area contributed by atoms with E-state index in [-0.39, 0.29) is 8.80 Å². The van der Waals surface area contributed by atoms with E-state index in [9.17, 15) is 0 Å². The monoisotopic (exact) mass is 199 g/mol. The zero-order chi connectivity index (χ0) is 9.94. The van der Waals surface area contributed by atoms with Crippen LogP contribution in [0, 0.1) is 0 Å². The first kappa shape index (κ1) is 12.9. The molecular weight excluding hydrogens is 174 g/mol. The number of rotatable bonds is 3. The highest BCUT2D eigenvalue weighted by molar-refractivity contribution is 6.59. The van der Waals surface area contributed by atoms with Gasteiger partial charge in [-0.1, -0.05) is 44.4 Å². The molecule has 0 amide bonds. The summed E-state index contributed by atoms with van der Waals surface area (Å²) in [6.45, 7) is 6.93. The summed E-state index contributed by atoms with van der Waals surface area (Å²) in [4.78, 5) is 0. The second-order valence-electron chi connectivity index (χ2n) is 3.74. The Morgan fingerprint density at radius 3 is 2.23 bits per heavy atom. The molecule has 0 aliphatic carbocycles. The summed E-state index contributed by atoms with van der Waals surface area (Å²) in [6, 6.07) is 4.57. The first-order valence-corrected chi connectivity index (χ1v) is 8.05. The number of allylic oxidation sites excluding steroid dienone is 1. The molecule has 0 bridgehead atoms. The van der Waals surface area contributed by atoms with Crippen molar-refractivity contribution < 1.29 is 0 Å². The summed E-state index contributed by atoms with van der Waals surface area (Å²) < 4.78 is 0. The van der Waals surface area contributed by atoms with Gasteiger partial charge in [-0.05, 0) is 19.6 Å². The lowest BCUT2D eigenvalue weighted by Crippen LogP contribution is -2.14. The molecule has 1 aliphatic rings. The molecule has 2 heteroatoms. The van der Waals surface area contributed by atoms with Gasteiger partial charge in [-0.15, -0.1) is 6.58 Å². The van der Waals surface area contributed by atoms with Gasteiger partial charge in [0.25, 0.3) is 0 Å². The van der Waals surface area contributed by atoms with Crippen molar-refractivity contribution in [3.05, 3.63) is 12.7 Å². The highest BCUT2D eigenvalue weighted by atomic mass is 28.3. The van der Waals surface area contributed by atoms with Crippen molar-refractivity contribution in [1.82, 2.24) is 5.32 Å². The third-order valence-electron chi connectivity index (χ3n) is 2.58. The molecule has 1 heterocycles. The van der Waals surface area contributed by atoms with Crippen molar-refractivity contribution in [2.45, 2.75) is 44.3 Å². The maximum absolute atomic E-state index is 3.79. The third kappa shape index (κ3) is 8.25. The average molecular weight is 199 g/mol. The molecule has 78 valence electrons. The van der Waals surface area contributed by atoms with Gasteiger partial charge in [-0.25, -0.2) is 0 Å². The quantitative estimate of drug-likeness (QED) is 0.544. The molecule has 0 aromatic heterocycles. The van der Waals surface area contributed by atoms with Gasteiger partial charge in [-0.2, -0.15) is 0 Å².